The number of anilines is 1. The van der Waals surface area contributed by atoms with E-state index in [0.717, 1.165) is 5.75 Å². The first-order chi connectivity index (χ1) is 12.6. The normalized spacial score (nSPS) is 10.7. The first-order valence-corrected chi connectivity index (χ1v) is 8.88. The van der Waals surface area contributed by atoms with Crippen molar-refractivity contribution in [3.05, 3.63) is 47.1 Å². The molecule has 0 aliphatic rings. The van der Waals surface area contributed by atoms with Gasteiger partial charge in [0.15, 0.2) is 10.8 Å². The summed E-state index contributed by atoms with van der Waals surface area (Å²) in [6.07, 6.45) is 2.77. The average molecular weight is 371 g/mol. The lowest BCUT2D eigenvalue weighted by Gasteiger charge is -2.11. The van der Waals surface area contributed by atoms with Crippen LogP contribution >= 0.6 is 11.8 Å². The van der Waals surface area contributed by atoms with Crippen molar-refractivity contribution in [1.82, 2.24) is 19.5 Å². The zero-order valence-corrected chi connectivity index (χ0v) is 15.1. The van der Waals surface area contributed by atoms with Crippen LogP contribution in [-0.2, 0) is 11.3 Å². The van der Waals surface area contributed by atoms with Crippen LogP contribution in [-0.4, -0.2) is 38.3 Å². The number of aromatic nitrogens is 4. The smallest absolute Gasteiger partial charge is 0.264 e. The number of hydrogen-bond donors (Lipinski definition) is 1. The van der Waals surface area contributed by atoms with Crippen LogP contribution in [0.15, 0.2) is 46.7 Å². The molecule has 0 fully saturated rings. The second kappa shape index (κ2) is 7.96. The van der Waals surface area contributed by atoms with Crippen molar-refractivity contribution in [2.75, 3.05) is 18.2 Å². The first-order valence-electron chi connectivity index (χ1n) is 7.90. The molecule has 9 heteroatoms. The predicted octanol–water partition coefficient (Wildman–Crippen LogP) is 1.95. The van der Waals surface area contributed by atoms with Gasteiger partial charge in [0.2, 0.25) is 5.91 Å². The van der Waals surface area contributed by atoms with Crippen LogP contribution in [0.1, 0.15) is 6.92 Å². The van der Waals surface area contributed by atoms with Gasteiger partial charge in [0, 0.05) is 6.20 Å². The number of fused-ring (bicyclic) bond motifs is 1. The van der Waals surface area contributed by atoms with Gasteiger partial charge in [-0.1, -0.05) is 30.8 Å². The number of thioether (sulfide) groups is 1. The van der Waals surface area contributed by atoms with Gasteiger partial charge >= 0.3 is 0 Å². The Morgan fingerprint density at radius 2 is 2.12 bits per heavy atom. The molecule has 0 radical (unpaired) electrons. The van der Waals surface area contributed by atoms with Crippen molar-refractivity contribution in [3.8, 4) is 5.75 Å². The average Bonchev–Trinajstić information content (AvgIpc) is 2.65. The molecule has 0 atom stereocenters. The number of benzene rings is 1. The van der Waals surface area contributed by atoms with E-state index in [-0.39, 0.29) is 23.4 Å². The molecule has 0 bridgehead atoms. The molecule has 8 nitrogen and oxygen atoms in total. The van der Waals surface area contributed by atoms with E-state index in [2.05, 4.69) is 20.3 Å². The maximum absolute atomic E-state index is 12.5. The summed E-state index contributed by atoms with van der Waals surface area (Å²) in [5, 5.41) is 3.57. The van der Waals surface area contributed by atoms with Crippen LogP contribution in [0.2, 0.25) is 0 Å². The Hall–Kier alpha value is -2.94. The largest absolute Gasteiger partial charge is 0.495 e. The zero-order chi connectivity index (χ0) is 18.5. The molecular formula is C17H17N5O3S. The van der Waals surface area contributed by atoms with Crippen LogP contribution in [0.3, 0.4) is 0 Å². The van der Waals surface area contributed by atoms with Crippen molar-refractivity contribution < 1.29 is 9.53 Å². The molecule has 2 aromatic heterocycles. The number of carbonyl (C=O) groups excluding carboxylic acids is 1. The third-order valence-electron chi connectivity index (χ3n) is 3.53. The summed E-state index contributed by atoms with van der Waals surface area (Å²) in [4.78, 5) is 37.4. The topological polar surface area (TPSA) is 99.0 Å². The second-order valence-corrected chi connectivity index (χ2v) is 6.48. The van der Waals surface area contributed by atoms with Crippen LogP contribution < -0.4 is 15.6 Å². The van der Waals surface area contributed by atoms with Crippen molar-refractivity contribution in [2.45, 2.75) is 18.6 Å². The highest BCUT2D eigenvalue weighted by Gasteiger charge is 2.12. The molecule has 0 saturated heterocycles. The van der Waals surface area contributed by atoms with Crippen LogP contribution in [0.4, 0.5) is 5.69 Å². The number of rotatable bonds is 6. The lowest BCUT2D eigenvalue weighted by molar-refractivity contribution is -0.116. The fraction of sp³-hybridized carbons (Fsp3) is 0.235. The summed E-state index contributed by atoms with van der Waals surface area (Å²) in [7, 11) is 1.52. The molecule has 1 aromatic carbocycles. The van der Waals surface area contributed by atoms with Gasteiger partial charge in [0.25, 0.3) is 5.56 Å². The zero-order valence-electron chi connectivity index (χ0n) is 14.3. The van der Waals surface area contributed by atoms with E-state index in [1.54, 1.807) is 24.3 Å². The Bertz CT molecular complexity index is 1010. The first kappa shape index (κ1) is 17.9. The Balaban J connectivity index is 1.82. The molecule has 0 aliphatic heterocycles. The molecule has 1 amide bonds. The molecule has 26 heavy (non-hydrogen) atoms. The van der Waals surface area contributed by atoms with Crippen LogP contribution in [0, 0.1) is 0 Å². The Labute approximate surface area is 153 Å². The lowest BCUT2D eigenvalue weighted by atomic mass is 10.3. The number of ether oxygens (including phenoxy) is 1. The van der Waals surface area contributed by atoms with Crippen LogP contribution in [0.25, 0.3) is 11.0 Å². The number of methoxy groups -OCH3 is 1. The van der Waals surface area contributed by atoms with Crippen molar-refractivity contribution in [2.24, 2.45) is 0 Å². The highest BCUT2D eigenvalue weighted by molar-refractivity contribution is 7.99. The van der Waals surface area contributed by atoms with Gasteiger partial charge in [-0.25, -0.2) is 15.0 Å². The van der Waals surface area contributed by atoms with Crippen molar-refractivity contribution in [1.29, 1.82) is 0 Å². The SMILES string of the molecule is CCSc1ncc2c(=O)n(CC(=O)Nc3ccccc3OC)cnc2n1. The number of hydrogen-bond acceptors (Lipinski definition) is 7. The minimum absolute atomic E-state index is 0.175. The molecule has 1 N–H and O–H groups in total. The van der Waals surface area contributed by atoms with Crippen molar-refractivity contribution in [3.63, 3.8) is 0 Å². The van der Waals surface area contributed by atoms with E-state index in [4.69, 9.17) is 4.74 Å². The number of carbonyl (C=O) groups is 1. The van der Waals surface area contributed by atoms with Gasteiger partial charge in [-0.2, -0.15) is 0 Å². The monoisotopic (exact) mass is 371 g/mol. The van der Waals surface area contributed by atoms with E-state index in [1.807, 2.05) is 6.92 Å². The van der Waals surface area contributed by atoms with Gasteiger partial charge in [-0.05, 0) is 17.9 Å². The quantitative estimate of drug-likeness (QED) is 0.522. The minimum atomic E-state index is -0.364. The van der Waals surface area contributed by atoms with Crippen LogP contribution in [0.5, 0.6) is 5.75 Å². The fourth-order valence-corrected chi connectivity index (χ4v) is 2.88. The van der Waals surface area contributed by atoms with Crippen molar-refractivity contribution >= 4 is 34.4 Å². The summed E-state index contributed by atoms with van der Waals surface area (Å²) in [6.45, 7) is 1.81. The molecular weight excluding hydrogens is 354 g/mol. The highest BCUT2D eigenvalue weighted by Crippen LogP contribution is 2.22. The molecule has 0 saturated carbocycles. The van der Waals surface area contributed by atoms with E-state index in [0.29, 0.717) is 22.2 Å². The summed E-state index contributed by atoms with van der Waals surface area (Å²) in [5.41, 5.74) is 0.493. The predicted molar refractivity (Wildman–Crippen MR) is 99.6 cm³/mol. The number of nitrogens with one attached hydrogen (secondary N) is 1. The molecule has 3 rings (SSSR count). The third kappa shape index (κ3) is 3.83. The van der Waals surface area contributed by atoms with E-state index >= 15 is 0 Å². The molecule has 3 aromatic rings. The molecule has 0 aliphatic carbocycles. The standard InChI is InChI=1S/C17H17N5O3S/c1-3-26-17-18-8-11-15(21-17)19-10-22(16(11)24)9-14(23)20-12-6-4-5-7-13(12)25-2/h4-8,10H,3,9H2,1-2H3,(H,20,23). The molecule has 2 heterocycles. The van der Waals surface area contributed by atoms with Gasteiger partial charge in [0.1, 0.15) is 24.0 Å². The van der Waals surface area contributed by atoms with Gasteiger partial charge in [-0.3, -0.25) is 14.2 Å². The maximum Gasteiger partial charge on any atom is 0.264 e. The number of para-hydroxylation sites is 2. The minimum Gasteiger partial charge on any atom is -0.495 e. The van der Waals surface area contributed by atoms with Gasteiger partial charge in [0.05, 0.1) is 12.8 Å². The third-order valence-corrected chi connectivity index (χ3v) is 4.27. The van der Waals surface area contributed by atoms with E-state index in [9.17, 15) is 9.59 Å². The van der Waals surface area contributed by atoms with E-state index < -0.39 is 0 Å². The Kier molecular flexibility index (Phi) is 5.47. The highest BCUT2D eigenvalue weighted by atomic mass is 32.2. The van der Waals surface area contributed by atoms with E-state index in [1.165, 1.54) is 36.0 Å². The summed E-state index contributed by atoms with van der Waals surface area (Å²) in [6, 6.07) is 7.05. The second-order valence-electron chi connectivity index (χ2n) is 5.25. The molecule has 134 valence electrons. The Morgan fingerprint density at radius 1 is 1.31 bits per heavy atom. The number of amides is 1. The summed E-state index contributed by atoms with van der Waals surface area (Å²) < 4.78 is 6.42. The summed E-state index contributed by atoms with van der Waals surface area (Å²) in [5.74, 6) is 1.00. The number of nitrogens with zero attached hydrogens (tertiary/aromatic N) is 4. The maximum atomic E-state index is 12.5. The molecule has 0 spiro atoms. The molecule has 0 unspecified atom stereocenters. The van der Waals surface area contributed by atoms with Gasteiger partial charge in [-0.15, -0.1) is 0 Å². The summed E-state index contributed by atoms with van der Waals surface area (Å²) >= 11 is 1.47. The van der Waals surface area contributed by atoms with Gasteiger partial charge < -0.3 is 10.1 Å². The fourth-order valence-electron chi connectivity index (χ4n) is 2.34. The Morgan fingerprint density at radius 3 is 2.88 bits per heavy atom. The lowest BCUT2D eigenvalue weighted by Crippen LogP contribution is -2.28.